The largest absolute Gasteiger partial charge is 0.418 e. The molecule has 2 aromatic carbocycles. The minimum atomic E-state index is -4.75. The van der Waals surface area contributed by atoms with E-state index in [1.165, 1.54) is 12.1 Å². The van der Waals surface area contributed by atoms with Gasteiger partial charge in [-0.2, -0.15) is 31.4 Å². The van der Waals surface area contributed by atoms with Crippen molar-refractivity contribution in [1.29, 1.82) is 0 Å². The highest BCUT2D eigenvalue weighted by Crippen LogP contribution is 2.39. The summed E-state index contributed by atoms with van der Waals surface area (Å²) >= 11 is 11.6. The van der Waals surface area contributed by atoms with E-state index in [4.69, 9.17) is 23.2 Å². The van der Waals surface area contributed by atoms with Gasteiger partial charge in [-0.25, -0.2) is 9.67 Å². The molecule has 0 aliphatic heterocycles. The minimum absolute atomic E-state index is 0.0108. The lowest BCUT2D eigenvalue weighted by molar-refractivity contribution is -0.139. The van der Waals surface area contributed by atoms with E-state index in [2.05, 4.69) is 10.1 Å². The van der Waals surface area contributed by atoms with Crippen molar-refractivity contribution in [2.45, 2.75) is 18.3 Å². The molecule has 0 aliphatic rings. The van der Waals surface area contributed by atoms with E-state index in [9.17, 15) is 26.3 Å². The van der Waals surface area contributed by atoms with Crippen molar-refractivity contribution >= 4 is 29.3 Å². The zero-order valence-corrected chi connectivity index (χ0v) is 16.2. The molecule has 3 nitrogen and oxygen atoms in total. The second-order valence-electron chi connectivity index (χ2n) is 6.20. The molecule has 1 heterocycles. The van der Waals surface area contributed by atoms with Crippen LogP contribution in [0, 0.1) is 0 Å². The number of benzene rings is 2. The summed E-state index contributed by atoms with van der Waals surface area (Å²) in [5.41, 5.74) is -1.67. The van der Waals surface area contributed by atoms with Crippen LogP contribution in [0.4, 0.5) is 26.3 Å². The number of hydrogen-bond donors (Lipinski definition) is 0. The number of hydrogen-bond acceptors (Lipinski definition) is 2. The van der Waals surface area contributed by atoms with Gasteiger partial charge in [0, 0.05) is 10.0 Å². The van der Waals surface area contributed by atoms with Crippen LogP contribution in [0.5, 0.6) is 0 Å². The number of rotatable bonds is 4. The van der Waals surface area contributed by atoms with Crippen molar-refractivity contribution in [2.24, 2.45) is 0 Å². The molecular formula is C19H11Cl2F6N3. The summed E-state index contributed by atoms with van der Waals surface area (Å²) in [4.78, 5) is 3.60. The second-order valence-corrected chi connectivity index (χ2v) is 7.07. The van der Waals surface area contributed by atoms with Gasteiger partial charge >= 0.3 is 12.4 Å². The Morgan fingerprint density at radius 3 is 2.13 bits per heavy atom. The highest BCUT2D eigenvalue weighted by Gasteiger charge is 2.39. The van der Waals surface area contributed by atoms with Crippen LogP contribution in [0.3, 0.4) is 0 Å². The van der Waals surface area contributed by atoms with Crippen molar-refractivity contribution < 1.29 is 26.3 Å². The van der Waals surface area contributed by atoms with E-state index in [0.717, 1.165) is 53.8 Å². The van der Waals surface area contributed by atoms with Crippen LogP contribution in [-0.4, -0.2) is 20.9 Å². The average molecular weight is 466 g/mol. The van der Waals surface area contributed by atoms with E-state index in [-0.39, 0.29) is 26.9 Å². The summed E-state index contributed by atoms with van der Waals surface area (Å²) in [6.45, 7) is 0. The minimum Gasteiger partial charge on any atom is -0.223 e. The Hall–Kier alpha value is -2.52. The van der Waals surface area contributed by atoms with E-state index < -0.39 is 23.8 Å². The summed E-state index contributed by atoms with van der Waals surface area (Å²) in [6, 6.07) is 6.58. The van der Waals surface area contributed by atoms with Gasteiger partial charge in [-0.15, -0.1) is 0 Å². The monoisotopic (exact) mass is 465 g/mol. The molecule has 0 bridgehead atoms. The lowest BCUT2D eigenvalue weighted by Gasteiger charge is -2.18. The number of nitrogens with zero attached hydrogens (tertiary/aromatic N) is 3. The Labute approximate surface area is 176 Å². The third-order valence-electron chi connectivity index (χ3n) is 4.07. The number of alkyl halides is 6. The van der Waals surface area contributed by atoms with Crippen molar-refractivity contribution in [3.05, 3.63) is 81.9 Å². The lowest BCUT2D eigenvalue weighted by atomic mass is 9.96. The standard InChI is InChI=1S/C19H11Cl2F6N3/c20-13-6-12(7-14(21)8-13)15(18(22,23)24)3-1-11-2-4-17(30-10-28-9-29-30)16(5-11)19(25,26)27/h1-10,15H/b3-1+. The van der Waals surface area contributed by atoms with Crippen molar-refractivity contribution in [2.75, 3.05) is 0 Å². The molecule has 0 amide bonds. The maximum atomic E-state index is 13.6. The first kappa shape index (κ1) is 22.2. The zero-order valence-electron chi connectivity index (χ0n) is 14.7. The van der Waals surface area contributed by atoms with Gasteiger partial charge in [-0.3, -0.25) is 0 Å². The maximum absolute atomic E-state index is 13.6. The predicted octanol–water partition coefficient (Wildman–Crippen LogP) is 6.95. The van der Waals surface area contributed by atoms with Crippen molar-refractivity contribution in [1.82, 2.24) is 14.8 Å². The van der Waals surface area contributed by atoms with Gasteiger partial charge in [-0.05, 0) is 41.5 Å². The molecule has 1 unspecified atom stereocenters. The van der Waals surface area contributed by atoms with Crippen LogP contribution < -0.4 is 0 Å². The Balaban J connectivity index is 2.02. The Kier molecular flexibility index (Phi) is 6.14. The first-order valence-electron chi connectivity index (χ1n) is 8.22. The Bertz CT molecular complexity index is 1040. The summed E-state index contributed by atoms with van der Waals surface area (Å²) in [6.07, 6.45) is -5.59. The van der Waals surface area contributed by atoms with Crippen molar-refractivity contribution in [3.8, 4) is 5.69 Å². The van der Waals surface area contributed by atoms with Gasteiger partial charge in [0.1, 0.15) is 12.7 Å². The van der Waals surface area contributed by atoms with E-state index >= 15 is 0 Å². The number of aromatic nitrogens is 3. The first-order valence-corrected chi connectivity index (χ1v) is 8.98. The predicted molar refractivity (Wildman–Crippen MR) is 101 cm³/mol. The average Bonchev–Trinajstić information content (AvgIpc) is 3.13. The van der Waals surface area contributed by atoms with Gasteiger partial charge < -0.3 is 0 Å². The molecular weight excluding hydrogens is 455 g/mol. The number of halogens is 8. The third-order valence-corrected chi connectivity index (χ3v) is 4.51. The first-order chi connectivity index (χ1) is 13.9. The molecule has 1 aromatic heterocycles. The second kappa shape index (κ2) is 8.31. The molecule has 0 aliphatic carbocycles. The Morgan fingerprint density at radius 2 is 1.60 bits per heavy atom. The van der Waals surface area contributed by atoms with Gasteiger partial charge in [0.2, 0.25) is 0 Å². The molecule has 0 saturated heterocycles. The molecule has 0 spiro atoms. The van der Waals surface area contributed by atoms with Crippen LogP contribution in [-0.2, 0) is 6.18 Å². The summed E-state index contributed by atoms with van der Waals surface area (Å²) in [5.74, 6) is -2.11. The van der Waals surface area contributed by atoms with Crippen LogP contribution in [0.2, 0.25) is 10.0 Å². The lowest BCUT2D eigenvalue weighted by Crippen LogP contribution is -2.19. The fourth-order valence-corrected chi connectivity index (χ4v) is 3.33. The summed E-state index contributed by atoms with van der Waals surface area (Å²) in [7, 11) is 0. The van der Waals surface area contributed by atoms with Crippen LogP contribution in [0.15, 0.2) is 55.1 Å². The summed E-state index contributed by atoms with van der Waals surface area (Å²) < 4.78 is 82.0. The van der Waals surface area contributed by atoms with Gasteiger partial charge in [0.15, 0.2) is 0 Å². The number of allylic oxidation sites excluding steroid dienone is 1. The molecule has 0 fully saturated rings. The van der Waals surface area contributed by atoms with E-state index in [1.807, 2.05) is 0 Å². The SMILES string of the molecule is FC(F)(F)c1cc(/C=C/C(c2cc(Cl)cc(Cl)c2)C(F)(F)F)ccc1-n1cncn1. The fourth-order valence-electron chi connectivity index (χ4n) is 2.79. The quantitative estimate of drug-likeness (QED) is 0.390. The van der Waals surface area contributed by atoms with Crippen LogP contribution in [0.1, 0.15) is 22.6 Å². The highest BCUT2D eigenvalue weighted by atomic mass is 35.5. The van der Waals surface area contributed by atoms with Gasteiger partial charge in [-0.1, -0.05) is 41.4 Å². The molecule has 30 heavy (non-hydrogen) atoms. The van der Waals surface area contributed by atoms with Crippen LogP contribution in [0.25, 0.3) is 11.8 Å². The smallest absolute Gasteiger partial charge is 0.223 e. The molecule has 3 rings (SSSR count). The summed E-state index contributed by atoms with van der Waals surface area (Å²) in [5, 5.41) is 3.69. The fraction of sp³-hybridized carbons (Fsp3) is 0.158. The third kappa shape index (κ3) is 5.14. The molecule has 0 saturated carbocycles. The molecule has 3 aromatic rings. The Morgan fingerprint density at radius 1 is 0.933 bits per heavy atom. The van der Waals surface area contributed by atoms with Crippen LogP contribution >= 0.6 is 23.2 Å². The van der Waals surface area contributed by atoms with E-state index in [0.29, 0.717) is 0 Å². The maximum Gasteiger partial charge on any atom is 0.418 e. The normalized spacial score (nSPS) is 13.7. The zero-order chi connectivity index (χ0) is 22.1. The topological polar surface area (TPSA) is 30.7 Å². The van der Waals surface area contributed by atoms with Gasteiger partial charge in [0.25, 0.3) is 0 Å². The van der Waals surface area contributed by atoms with Gasteiger partial charge in [0.05, 0.1) is 17.2 Å². The molecule has 0 radical (unpaired) electrons. The molecule has 1 atom stereocenters. The van der Waals surface area contributed by atoms with E-state index in [1.54, 1.807) is 0 Å². The highest BCUT2D eigenvalue weighted by molar-refractivity contribution is 6.34. The molecule has 11 heteroatoms. The molecule has 158 valence electrons. The van der Waals surface area contributed by atoms with Crippen molar-refractivity contribution in [3.63, 3.8) is 0 Å². The molecule has 0 N–H and O–H groups in total.